The van der Waals surface area contributed by atoms with Crippen molar-refractivity contribution in [2.75, 3.05) is 13.3 Å². The van der Waals surface area contributed by atoms with Gasteiger partial charge in [0.1, 0.15) is 19.1 Å². The third kappa shape index (κ3) is 2.91. The van der Waals surface area contributed by atoms with Gasteiger partial charge in [0.2, 0.25) is 0 Å². The molecule has 1 aromatic carbocycles. The normalized spacial score (nSPS) is 14.9. The van der Waals surface area contributed by atoms with E-state index in [1.54, 1.807) is 11.1 Å². The molecule has 0 bridgehead atoms. The summed E-state index contributed by atoms with van der Waals surface area (Å²) in [4.78, 5) is 17.2. The Kier molecular flexibility index (Phi) is 3.43. The third-order valence-corrected chi connectivity index (χ3v) is 3.39. The molecule has 98 valence electrons. The number of thiazole rings is 1. The highest BCUT2D eigenvalue weighted by Gasteiger charge is 2.20. The average Bonchev–Trinajstić information content (AvgIpc) is 3.05. The largest absolute Gasteiger partial charge is 0.431 e. The van der Waals surface area contributed by atoms with Crippen LogP contribution in [0.2, 0.25) is 0 Å². The maximum absolute atomic E-state index is 11.4. The minimum atomic E-state index is 0.0307. The predicted octanol–water partition coefficient (Wildman–Crippen LogP) is 2.25. The smallest absolute Gasteiger partial charge is 0.278 e. The number of ether oxygens (including phenoxy) is 2. The van der Waals surface area contributed by atoms with E-state index in [0.717, 1.165) is 11.3 Å². The molecule has 19 heavy (non-hydrogen) atoms. The quantitative estimate of drug-likeness (QED) is 0.859. The molecule has 0 saturated carbocycles. The van der Waals surface area contributed by atoms with Gasteiger partial charge in [-0.25, -0.2) is 4.98 Å². The molecule has 1 aliphatic heterocycles. The van der Waals surface area contributed by atoms with Gasteiger partial charge in [0, 0.05) is 18.1 Å². The molecule has 1 aromatic heterocycles. The fourth-order valence-electron chi connectivity index (χ4n) is 1.79. The van der Waals surface area contributed by atoms with Gasteiger partial charge in [-0.05, 0) is 17.7 Å². The van der Waals surface area contributed by atoms with E-state index in [4.69, 9.17) is 9.47 Å². The number of rotatable bonds is 4. The molecule has 0 atom stereocenters. The lowest BCUT2D eigenvalue weighted by molar-refractivity contribution is -0.127. The van der Waals surface area contributed by atoms with Crippen LogP contribution in [-0.4, -0.2) is 29.1 Å². The summed E-state index contributed by atoms with van der Waals surface area (Å²) in [6.07, 6.45) is 1.70. The molecule has 1 fully saturated rings. The van der Waals surface area contributed by atoms with Crippen LogP contribution in [0.25, 0.3) is 0 Å². The lowest BCUT2D eigenvalue weighted by Gasteiger charge is -2.13. The molecule has 2 aromatic rings. The first-order valence-corrected chi connectivity index (χ1v) is 6.71. The fraction of sp³-hybridized carbons (Fsp3) is 0.231. The van der Waals surface area contributed by atoms with Gasteiger partial charge in [-0.3, -0.25) is 4.79 Å². The van der Waals surface area contributed by atoms with Crippen molar-refractivity contribution in [3.8, 4) is 10.9 Å². The average molecular weight is 276 g/mol. The van der Waals surface area contributed by atoms with Crippen LogP contribution in [0.4, 0.5) is 0 Å². The Bertz CT molecular complexity index is 554. The SMILES string of the molecule is O=C1COCN1Cc1ccc(Oc2nccs2)cc1. The second-order valence-electron chi connectivity index (χ2n) is 4.11. The zero-order chi connectivity index (χ0) is 13.1. The first-order valence-electron chi connectivity index (χ1n) is 5.83. The zero-order valence-electron chi connectivity index (χ0n) is 10.1. The lowest BCUT2D eigenvalue weighted by Crippen LogP contribution is -2.24. The molecule has 1 amide bonds. The minimum absolute atomic E-state index is 0.0307. The Labute approximate surface area is 114 Å². The summed E-state index contributed by atoms with van der Waals surface area (Å²) >= 11 is 1.45. The molecule has 2 heterocycles. The number of carbonyl (C=O) groups is 1. The summed E-state index contributed by atoms with van der Waals surface area (Å²) in [5.41, 5.74) is 1.05. The summed E-state index contributed by atoms with van der Waals surface area (Å²) < 4.78 is 10.6. The summed E-state index contributed by atoms with van der Waals surface area (Å²) in [6, 6.07) is 7.62. The van der Waals surface area contributed by atoms with Gasteiger partial charge in [0.25, 0.3) is 11.1 Å². The van der Waals surface area contributed by atoms with Crippen LogP contribution in [0.15, 0.2) is 35.8 Å². The molecule has 0 aliphatic carbocycles. The van der Waals surface area contributed by atoms with Crippen LogP contribution in [0.3, 0.4) is 0 Å². The van der Waals surface area contributed by atoms with E-state index in [9.17, 15) is 4.79 Å². The Morgan fingerprint density at radius 3 is 2.84 bits per heavy atom. The minimum Gasteiger partial charge on any atom is -0.431 e. The van der Waals surface area contributed by atoms with Crippen molar-refractivity contribution in [2.45, 2.75) is 6.54 Å². The van der Waals surface area contributed by atoms with Crippen molar-refractivity contribution in [1.82, 2.24) is 9.88 Å². The standard InChI is InChI=1S/C13H12N2O3S/c16-12-8-17-9-15(12)7-10-1-3-11(4-2-10)18-13-14-5-6-19-13/h1-6H,7-9H2. The van der Waals surface area contributed by atoms with Crippen molar-refractivity contribution in [3.05, 3.63) is 41.4 Å². The second-order valence-corrected chi connectivity index (χ2v) is 4.97. The summed E-state index contributed by atoms with van der Waals surface area (Å²) in [6.45, 7) is 1.12. The topological polar surface area (TPSA) is 51.7 Å². The number of hydrogen-bond donors (Lipinski definition) is 0. The Morgan fingerprint density at radius 1 is 1.37 bits per heavy atom. The highest BCUT2D eigenvalue weighted by molar-refractivity contribution is 7.11. The van der Waals surface area contributed by atoms with Gasteiger partial charge >= 0.3 is 0 Å². The monoisotopic (exact) mass is 276 g/mol. The summed E-state index contributed by atoms with van der Waals surface area (Å²) in [5, 5.41) is 2.48. The molecule has 0 radical (unpaired) electrons. The Balaban J connectivity index is 1.64. The molecule has 0 unspecified atom stereocenters. The van der Waals surface area contributed by atoms with Crippen LogP contribution in [0.1, 0.15) is 5.56 Å². The van der Waals surface area contributed by atoms with E-state index in [-0.39, 0.29) is 12.5 Å². The van der Waals surface area contributed by atoms with E-state index in [1.165, 1.54) is 11.3 Å². The Morgan fingerprint density at radius 2 is 2.21 bits per heavy atom. The molecule has 3 rings (SSSR count). The van der Waals surface area contributed by atoms with Crippen molar-refractivity contribution in [2.24, 2.45) is 0 Å². The van der Waals surface area contributed by atoms with Crippen molar-refractivity contribution in [3.63, 3.8) is 0 Å². The lowest BCUT2D eigenvalue weighted by atomic mass is 10.2. The number of nitrogens with zero attached hydrogens (tertiary/aromatic N) is 2. The van der Waals surface area contributed by atoms with Crippen molar-refractivity contribution < 1.29 is 14.3 Å². The summed E-state index contributed by atoms with van der Waals surface area (Å²) in [5.74, 6) is 0.769. The van der Waals surface area contributed by atoms with Gasteiger partial charge in [0.05, 0.1) is 0 Å². The number of carbonyl (C=O) groups excluding carboxylic acids is 1. The van der Waals surface area contributed by atoms with Crippen molar-refractivity contribution >= 4 is 17.2 Å². The highest BCUT2D eigenvalue weighted by Crippen LogP contribution is 2.23. The van der Waals surface area contributed by atoms with Gasteiger partial charge in [-0.1, -0.05) is 23.5 Å². The number of hydrogen-bond acceptors (Lipinski definition) is 5. The van der Waals surface area contributed by atoms with Crippen molar-refractivity contribution in [1.29, 1.82) is 0 Å². The second kappa shape index (κ2) is 5.38. The maximum Gasteiger partial charge on any atom is 0.278 e. The molecular weight excluding hydrogens is 264 g/mol. The van der Waals surface area contributed by atoms with E-state index in [0.29, 0.717) is 18.5 Å². The molecular formula is C13H12N2O3S. The summed E-state index contributed by atoms with van der Waals surface area (Å²) in [7, 11) is 0. The fourth-order valence-corrected chi connectivity index (χ4v) is 2.29. The molecule has 5 nitrogen and oxygen atoms in total. The molecule has 1 aliphatic rings. The zero-order valence-corrected chi connectivity index (χ0v) is 10.9. The third-order valence-electron chi connectivity index (χ3n) is 2.74. The number of amides is 1. The van der Waals surface area contributed by atoms with Gasteiger partial charge in [-0.2, -0.15) is 0 Å². The highest BCUT2D eigenvalue weighted by atomic mass is 32.1. The molecule has 0 spiro atoms. The van der Waals surface area contributed by atoms with Crippen LogP contribution >= 0.6 is 11.3 Å². The maximum atomic E-state index is 11.4. The van der Waals surface area contributed by atoms with E-state index >= 15 is 0 Å². The molecule has 1 saturated heterocycles. The van der Waals surface area contributed by atoms with Crippen LogP contribution < -0.4 is 4.74 Å². The number of benzene rings is 1. The van der Waals surface area contributed by atoms with E-state index < -0.39 is 0 Å². The predicted molar refractivity (Wildman–Crippen MR) is 70.0 cm³/mol. The van der Waals surface area contributed by atoms with Gasteiger partial charge in [-0.15, -0.1) is 0 Å². The van der Waals surface area contributed by atoms with Gasteiger partial charge < -0.3 is 14.4 Å². The Hall–Kier alpha value is -1.92. The first-order chi connectivity index (χ1) is 9.31. The number of aromatic nitrogens is 1. The van der Waals surface area contributed by atoms with Gasteiger partial charge in [0.15, 0.2) is 0 Å². The molecule has 0 N–H and O–H groups in total. The van der Waals surface area contributed by atoms with Crippen LogP contribution in [0, 0.1) is 0 Å². The van der Waals surface area contributed by atoms with Crippen LogP contribution in [0.5, 0.6) is 10.9 Å². The van der Waals surface area contributed by atoms with Crippen LogP contribution in [-0.2, 0) is 16.1 Å². The first kappa shape index (κ1) is 12.1. The van der Waals surface area contributed by atoms with E-state index in [1.807, 2.05) is 29.6 Å². The molecule has 6 heteroatoms. The van der Waals surface area contributed by atoms with E-state index in [2.05, 4.69) is 4.98 Å².